The van der Waals surface area contributed by atoms with Crippen LogP contribution in [0.1, 0.15) is 29.2 Å². The molecule has 1 amide bonds. The highest BCUT2D eigenvalue weighted by atomic mass is 16.5. The third-order valence-corrected chi connectivity index (χ3v) is 5.80. The van der Waals surface area contributed by atoms with Crippen LogP contribution in [0.3, 0.4) is 0 Å². The molecule has 0 radical (unpaired) electrons. The standard InChI is InChI=1S/C25H30N2O6/c1-15-13-17(8-10-19(15)32-4)23(29)21-22(16-7-9-18(28)20(14-16)33-5)27(25(31)24(21)30)12-6-11-26(2)3/h7-10,13-14,22,28-29H,6,11-12H2,1-5H3/p+1. The number of aliphatic hydroxyl groups is 1. The summed E-state index contributed by atoms with van der Waals surface area (Å²) in [5, 5.41) is 21.2. The first-order chi connectivity index (χ1) is 15.7. The number of hydrogen-bond acceptors (Lipinski definition) is 6. The van der Waals surface area contributed by atoms with E-state index in [1.165, 1.54) is 23.0 Å². The smallest absolute Gasteiger partial charge is 0.295 e. The molecule has 3 rings (SSSR count). The Labute approximate surface area is 193 Å². The highest BCUT2D eigenvalue weighted by Gasteiger charge is 2.46. The molecule has 2 aromatic rings. The fourth-order valence-electron chi connectivity index (χ4n) is 4.11. The zero-order chi connectivity index (χ0) is 24.3. The molecular formula is C25H31N2O6+. The fraction of sp³-hybridized carbons (Fsp3) is 0.360. The van der Waals surface area contributed by atoms with Gasteiger partial charge < -0.3 is 29.5 Å². The lowest BCUT2D eigenvalue weighted by atomic mass is 9.94. The molecule has 176 valence electrons. The third-order valence-electron chi connectivity index (χ3n) is 5.80. The Morgan fingerprint density at radius 3 is 2.36 bits per heavy atom. The predicted molar refractivity (Wildman–Crippen MR) is 124 cm³/mol. The van der Waals surface area contributed by atoms with Crippen LogP contribution in [0.5, 0.6) is 17.2 Å². The van der Waals surface area contributed by atoms with E-state index >= 15 is 0 Å². The second kappa shape index (κ2) is 9.95. The van der Waals surface area contributed by atoms with E-state index in [2.05, 4.69) is 0 Å². The van der Waals surface area contributed by atoms with Crippen LogP contribution in [-0.4, -0.2) is 68.2 Å². The summed E-state index contributed by atoms with van der Waals surface area (Å²) in [6.07, 6.45) is 0.683. The van der Waals surface area contributed by atoms with E-state index < -0.39 is 17.7 Å². The second-order valence-electron chi connectivity index (χ2n) is 8.42. The molecule has 33 heavy (non-hydrogen) atoms. The van der Waals surface area contributed by atoms with Gasteiger partial charge in [-0.05, 0) is 48.4 Å². The number of Topliss-reactive ketones (excluding diaryl/α,β-unsaturated/α-hetero) is 1. The summed E-state index contributed by atoms with van der Waals surface area (Å²) < 4.78 is 10.5. The molecular weight excluding hydrogens is 424 g/mol. The van der Waals surface area contributed by atoms with Crippen LogP contribution in [-0.2, 0) is 9.59 Å². The Bertz CT molecular complexity index is 1090. The second-order valence-corrected chi connectivity index (χ2v) is 8.42. The number of amides is 1. The number of rotatable bonds is 8. The summed E-state index contributed by atoms with van der Waals surface area (Å²) in [5.74, 6) is -0.839. The Balaban J connectivity index is 2.15. The van der Waals surface area contributed by atoms with Crippen LogP contribution in [0.25, 0.3) is 5.76 Å². The zero-order valence-electron chi connectivity index (χ0n) is 19.6. The van der Waals surface area contributed by atoms with Gasteiger partial charge >= 0.3 is 0 Å². The summed E-state index contributed by atoms with van der Waals surface area (Å²) in [6.45, 7) is 2.99. The van der Waals surface area contributed by atoms with Gasteiger partial charge in [-0.1, -0.05) is 6.07 Å². The molecule has 1 saturated heterocycles. The number of phenols is 1. The van der Waals surface area contributed by atoms with Crippen LogP contribution in [0.15, 0.2) is 42.0 Å². The van der Waals surface area contributed by atoms with E-state index in [0.717, 1.165) is 12.1 Å². The van der Waals surface area contributed by atoms with Gasteiger partial charge in [0.15, 0.2) is 11.5 Å². The molecule has 1 heterocycles. The monoisotopic (exact) mass is 455 g/mol. The number of carbonyl (C=O) groups is 2. The molecule has 3 N–H and O–H groups in total. The van der Waals surface area contributed by atoms with Gasteiger partial charge in [-0.3, -0.25) is 9.59 Å². The predicted octanol–water partition coefficient (Wildman–Crippen LogP) is 1.67. The van der Waals surface area contributed by atoms with Crippen molar-refractivity contribution in [2.75, 3.05) is 41.4 Å². The van der Waals surface area contributed by atoms with Crippen molar-refractivity contribution in [2.24, 2.45) is 0 Å². The number of quaternary nitrogens is 1. The van der Waals surface area contributed by atoms with Crippen molar-refractivity contribution in [1.82, 2.24) is 4.90 Å². The minimum absolute atomic E-state index is 0.00881. The summed E-state index contributed by atoms with van der Waals surface area (Å²) >= 11 is 0. The third kappa shape index (κ3) is 4.80. The van der Waals surface area contributed by atoms with Crippen molar-refractivity contribution < 1.29 is 34.2 Å². The average molecular weight is 456 g/mol. The number of likely N-dealkylation sites (tertiary alicyclic amines) is 1. The average Bonchev–Trinajstić information content (AvgIpc) is 3.03. The first-order valence-electron chi connectivity index (χ1n) is 10.8. The number of aromatic hydroxyl groups is 1. The van der Waals surface area contributed by atoms with Gasteiger partial charge in [0, 0.05) is 18.5 Å². The molecule has 2 aromatic carbocycles. The number of phenolic OH excluding ortho intramolecular Hbond substituents is 1. The quantitative estimate of drug-likeness (QED) is 0.318. The normalized spacial score (nSPS) is 17.6. The molecule has 0 saturated carbocycles. The molecule has 1 atom stereocenters. The van der Waals surface area contributed by atoms with Crippen molar-refractivity contribution in [3.63, 3.8) is 0 Å². The van der Waals surface area contributed by atoms with Gasteiger partial charge in [0.2, 0.25) is 0 Å². The van der Waals surface area contributed by atoms with E-state index in [1.54, 1.807) is 37.4 Å². The number of carbonyl (C=O) groups excluding carboxylic acids is 2. The van der Waals surface area contributed by atoms with Crippen molar-refractivity contribution >= 4 is 17.4 Å². The van der Waals surface area contributed by atoms with E-state index in [9.17, 15) is 19.8 Å². The lowest BCUT2D eigenvalue weighted by Crippen LogP contribution is -3.05. The van der Waals surface area contributed by atoms with Crippen molar-refractivity contribution in [3.8, 4) is 17.2 Å². The molecule has 0 aromatic heterocycles. The summed E-state index contributed by atoms with van der Waals surface area (Å²) in [5.41, 5.74) is 1.77. The fourth-order valence-corrected chi connectivity index (χ4v) is 4.11. The lowest BCUT2D eigenvalue weighted by Gasteiger charge is -2.26. The SMILES string of the molecule is COc1ccc(C(O)=C2C(=O)C(=O)N(CCC[NH+](C)C)C2c2ccc(O)c(OC)c2)cc1C. The summed E-state index contributed by atoms with van der Waals surface area (Å²) in [4.78, 5) is 28.9. The maximum atomic E-state index is 13.1. The molecule has 1 fully saturated rings. The maximum absolute atomic E-state index is 13.1. The highest BCUT2D eigenvalue weighted by molar-refractivity contribution is 6.46. The number of ether oxygens (including phenoxy) is 2. The van der Waals surface area contributed by atoms with Crippen LogP contribution in [0.2, 0.25) is 0 Å². The molecule has 0 aliphatic carbocycles. The van der Waals surface area contributed by atoms with Crippen LogP contribution in [0.4, 0.5) is 0 Å². The van der Waals surface area contributed by atoms with E-state index in [-0.39, 0.29) is 22.8 Å². The number of ketones is 1. The zero-order valence-corrected chi connectivity index (χ0v) is 19.6. The largest absolute Gasteiger partial charge is 0.507 e. The number of aliphatic hydroxyl groups excluding tert-OH is 1. The Kier molecular flexibility index (Phi) is 7.28. The number of aryl methyl sites for hydroxylation is 1. The number of methoxy groups -OCH3 is 2. The van der Waals surface area contributed by atoms with E-state index in [0.29, 0.717) is 29.8 Å². The number of hydrogen-bond donors (Lipinski definition) is 3. The van der Waals surface area contributed by atoms with Crippen molar-refractivity contribution in [2.45, 2.75) is 19.4 Å². The Morgan fingerprint density at radius 2 is 1.76 bits per heavy atom. The lowest BCUT2D eigenvalue weighted by molar-refractivity contribution is -0.858. The van der Waals surface area contributed by atoms with Gasteiger partial charge in [0.1, 0.15) is 11.5 Å². The minimum Gasteiger partial charge on any atom is -0.507 e. The van der Waals surface area contributed by atoms with Crippen molar-refractivity contribution in [1.29, 1.82) is 0 Å². The Morgan fingerprint density at radius 1 is 1.06 bits per heavy atom. The first-order valence-corrected chi connectivity index (χ1v) is 10.8. The highest BCUT2D eigenvalue weighted by Crippen LogP contribution is 2.42. The molecule has 0 bridgehead atoms. The number of nitrogens with zero attached hydrogens (tertiary/aromatic N) is 1. The first kappa shape index (κ1) is 24.1. The molecule has 8 nitrogen and oxygen atoms in total. The van der Waals surface area contributed by atoms with Gasteiger partial charge in [-0.15, -0.1) is 0 Å². The van der Waals surface area contributed by atoms with Crippen LogP contribution in [0, 0.1) is 6.92 Å². The minimum atomic E-state index is -0.806. The topological polar surface area (TPSA) is 101 Å². The molecule has 8 heteroatoms. The van der Waals surface area contributed by atoms with Gasteiger partial charge in [0.25, 0.3) is 11.7 Å². The van der Waals surface area contributed by atoms with Gasteiger partial charge in [-0.2, -0.15) is 0 Å². The van der Waals surface area contributed by atoms with Gasteiger partial charge in [0.05, 0.1) is 46.5 Å². The molecule has 1 aliphatic heterocycles. The van der Waals surface area contributed by atoms with E-state index in [1.807, 2.05) is 21.0 Å². The van der Waals surface area contributed by atoms with Crippen molar-refractivity contribution in [3.05, 3.63) is 58.7 Å². The Hall–Kier alpha value is -3.52. The molecule has 0 spiro atoms. The van der Waals surface area contributed by atoms with Gasteiger partial charge in [-0.25, -0.2) is 0 Å². The molecule has 1 aliphatic rings. The van der Waals surface area contributed by atoms with Crippen LogP contribution >= 0.6 is 0 Å². The maximum Gasteiger partial charge on any atom is 0.295 e. The summed E-state index contributed by atoms with van der Waals surface area (Å²) in [7, 11) is 7.02. The van der Waals surface area contributed by atoms with E-state index in [4.69, 9.17) is 9.47 Å². The number of benzene rings is 2. The number of nitrogens with one attached hydrogen (secondary N) is 1. The van der Waals surface area contributed by atoms with Crippen LogP contribution < -0.4 is 14.4 Å². The molecule has 1 unspecified atom stereocenters. The summed E-state index contributed by atoms with van der Waals surface area (Å²) in [6, 6.07) is 8.94.